The molecule has 19 heavy (non-hydrogen) atoms. The van der Waals surface area contributed by atoms with E-state index in [0.717, 1.165) is 0 Å². The van der Waals surface area contributed by atoms with Gasteiger partial charge in [0.05, 0.1) is 0 Å². The van der Waals surface area contributed by atoms with Crippen LogP contribution >= 0.6 is 0 Å². The molecule has 0 spiro atoms. The van der Waals surface area contributed by atoms with Crippen molar-refractivity contribution in [3.63, 3.8) is 0 Å². The second-order valence-electron chi connectivity index (χ2n) is 4.47. The number of rotatable bonds is 3. The Kier molecular flexibility index (Phi) is 3.80. The second-order valence-corrected chi connectivity index (χ2v) is 9.68. The van der Waals surface area contributed by atoms with Crippen LogP contribution in [0.1, 0.15) is 0 Å². The molecule has 0 bridgehead atoms. The summed E-state index contributed by atoms with van der Waals surface area (Å²) >= 11 is -1.63. The summed E-state index contributed by atoms with van der Waals surface area (Å²) in [6.07, 6.45) is 0. The van der Waals surface area contributed by atoms with Gasteiger partial charge >= 0.3 is 119 Å². The summed E-state index contributed by atoms with van der Waals surface area (Å²) in [6, 6.07) is 32.8. The Balaban J connectivity index is 2.12. The molecule has 3 aromatic rings. The Bertz CT molecular complexity index is 524. The number of benzene rings is 3. The second kappa shape index (κ2) is 5.90. The van der Waals surface area contributed by atoms with E-state index < -0.39 is 14.3 Å². The third-order valence-corrected chi connectivity index (χ3v) is 8.92. The fourth-order valence-electron chi connectivity index (χ4n) is 2.31. The van der Waals surface area contributed by atoms with Crippen molar-refractivity contribution in [1.82, 2.24) is 0 Å². The van der Waals surface area contributed by atoms with Crippen LogP contribution in [0, 0.1) is 0 Å². The van der Waals surface area contributed by atoms with Crippen LogP contribution in [0.4, 0.5) is 0 Å². The molecule has 0 fully saturated rings. The van der Waals surface area contributed by atoms with Crippen LogP contribution in [-0.2, 0) is 0 Å². The van der Waals surface area contributed by atoms with Gasteiger partial charge in [-0.15, -0.1) is 0 Å². The fourth-order valence-corrected chi connectivity index (χ4v) is 7.72. The zero-order valence-electron chi connectivity index (χ0n) is 10.7. The molecular formula is C18H15Ge-. The van der Waals surface area contributed by atoms with Crippen molar-refractivity contribution in [2.24, 2.45) is 0 Å². The summed E-state index contributed by atoms with van der Waals surface area (Å²) < 4.78 is 4.50. The van der Waals surface area contributed by atoms with Gasteiger partial charge in [0.25, 0.3) is 0 Å². The zero-order valence-corrected chi connectivity index (χ0v) is 12.8. The standard InChI is InChI=1S/C18H15Ge/c1-4-10-16(11-5-1)19(17-12-6-2-7-13-17)18-14-8-3-9-15-18/h1-15H/q-1. The van der Waals surface area contributed by atoms with Crippen molar-refractivity contribution >= 4 is 27.5 Å². The predicted molar refractivity (Wildman–Crippen MR) is 84.0 cm³/mol. The van der Waals surface area contributed by atoms with Crippen molar-refractivity contribution in [2.75, 3.05) is 0 Å². The first-order chi connectivity index (χ1) is 9.45. The predicted octanol–water partition coefficient (Wildman–Crippen LogP) is 2.20. The van der Waals surface area contributed by atoms with Gasteiger partial charge in [0.1, 0.15) is 0 Å². The molecule has 0 aliphatic heterocycles. The molecule has 92 valence electrons. The third-order valence-electron chi connectivity index (χ3n) is 3.19. The first-order valence-corrected chi connectivity index (χ1v) is 9.63. The van der Waals surface area contributed by atoms with Gasteiger partial charge in [0.15, 0.2) is 0 Å². The van der Waals surface area contributed by atoms with E-state index in [4.69, 9.17) is 0 Å². The van der Waals surface area contributed by atoms with E-state index in [1.807, 2.05) is 0 Å². The van der Waals surface area contributed by atoms with Gasteiger partial charge in [0.2, 0.25) is 0 Å². The summed E-state index contributed by atoms with van der Waals surface area (Å²) in [5.74, 6) is 0. The molecular weight excluding hydrogens is 289 g/mol. The van der Waals surface area contributed by atoms with Crippen molar-refractivity contribution < 1.29 is 0 Å². The van der Waals surface area contributed by atoms with Gasteiger partial charge in [-0.1, -0.05) is 0 Å². The fraction of sp³-hybridized carbons (Fsp3) is 0. The van der Waals surface area contributed by atoms with Gasteiger partial charge in [0, 0.05) is 0 Å². The first kappa shape index (κ1) is 12.2. The normalized spacial score (nSPS) is 10.1. The summed E-state index contributed by atoms with van der Waals surface area (Å²) in [6.45, 7) is 0. The topological polar surface area (TPSA) is 0 Å². The zero-order chi connectivity index (χ0) is 12.9. The van der Waals surface area contributed by atoms with E-state index in [9.17, 15) is 0 Å². The van der Waals surface area contributed by atoms with Crippen LogP contribution in [0.15, 0.2) is 91.0 Å². The maximum absolute atomic E-state index is 2.27. The molecule has 0 atom stereocenters. The van der Waals surface area contributed by atoms with E-state index >= 15 is 0 Å². The van der Waals surface area contributed by atoms with Gasteiger partial charge in [-0.05, 0) is 0 Å². The van der Waals surface area contributed by atoms with Gasteiger partial charge < -0.3 is 0 Å². The molecule has 0 radical (unpaired) electrons. The maximum atomic E-state index is 2.27. The van der Waals surface area contributed by atoms with Gasteiger partial charge in [-0.25, -0.2) is 0 Å². The average Bonchev–Trinajstić information content (AvgIpc) is 2.51. The molecule has 1 heteroatoms. The van der Waals surface area contributed by atoms with Crippen molar-refractivity contribution in [3.05, 3.63) is 91.0 Å². The molecule has 0 saturated heterocycles. The van der Waals surface area contributed by atoms with E-state index in [2.05, 4.69) is 91.0 Å². The molecule has 0 saturated carbocycles. The molecule has 0 aromatic heterocycles. The number of hydrogen-bond donors (Lipinski definition) is 0. The molecule has 3 aromatic carbocycles. The monoisotopic (exact) mass is 305 g/mol. The molecule has 0 aliphatic rings. The molecule has 0 unspecified atom stereocenters. The first-order valence-electron chi connectivity index (χ1n) is 6.48. The van der Waals surface area contributed by atoms with E-state index in [0.29, 0.717) is 0 Å². The van der Waals surface area contributed by atoms with Crippen LogP contribution in [0.5, 0.6) is 0 Å². The van der Waals surface area contributed by atoms with Crippen LogP contribution in [-0.4, -0.2) is 14.3 Å². The molecule has 0 N–H and O–H groups in total. The molecule has 0 heterocycles. The van der Waals surface area contributed by atoms with Crippen molar-refractivity contribution in [3.8, 4) is 0 Å². The Morgan fingerprint density at radius 2 is 0.632 bits per heavy atom. The molecule has 0 amide bonds. The minimum atomic E-state index is -1.63. The van der Waals surface area contributed by atoms with Crippen LogP contribution in [0.2, 0.25) is 0 Å². The Hall–Kier alpha value is -1.80. The molecule has 0 aliphatic carbocycles. The quantitative estimate of drug-likeness (QED) is 0.651. The number of hydrogen-bond acceptors (Lipinski definition) is 0. The summed E-state index contributed by atoms with van der Waals surface area (Å²) in [7, 11) is 0. The molecule has 3 rings (SSSR count). The van der Waals surface area contributed by atoms with Crippen LogP contribution < -0.4 is 13.2 Å². The SMILES string of the molecule is c1cc[c]([Ge-]([c]2ccccc2)[c]2ccccc2)cc1. The van der Waals surface area contributed by atoms with Crippen LogP contribution in [0.25, 0.3) is 0 Å². The van der Waals surface area contributed by atoms with Crippen molar-refractivity contribution in [1.29, 1.82) is 0 Å². The molecule has 0 nitrogen and oxygen atoms in total. The Morgan fingerprint density at radius 3 is 0.895 bits per heavy atom. The summed E-state index contributed by atoms with van der Waals surface area (Å²) in [5, 5.41) is 0. The van der Waals surface area contributed by atoms with Crippen molar-refractivity contribution in [2.45, 2.75) is 0 Å². The third kappa shape index (κ3) is 2.79. The van der Waals surface area contributed by atoms with Gasteiger partial charge in [-0.3, -0.25) is 0 Å². The Morgan fingerprint density at radius 1 is 0.368 bits per heavy atom. The van der Waals surface area contributed by atoms with E-state index in [-0.39, 0.29) is 0 Å². The van der Waals surface area contributed by atoms with E-state index in [1.54, 1.807) is 0 Å². The van der Waals surface area contributed by atoms with E-state index in [1.165, 1.54) is 13.2 Å². The Labute approximate surface area is 118 Å². The minimum absolute atomic E-state index is 1.50. The average molecular weight is 304 g/mol. The summed E-state index contributed by atoms with van der Waals surface area (Å²) in [5.41, 5.74) is 0. The van der Waals surface area contributed by atoms with Gasteiger partial charge in [-0.2, -0.15) is 0 Å². The van der Waals surface area contributed by atoms with Crippen LogP contribution in [0.3, 0.4) is 0 Å². The summed E-state index contributed by atoms with van der Waals surface area (Å²) in [4.78, 5) is 0.